The monoisotopic (exact) mass is 480 g/mol. The van der Waals surface area contributed by atoms with Crippen LogP contribution in [0.15, 0.2) is 30.3 Å². The molecule has 2 atom stereocenters. The first-order valence-electron chi connectivity index (χ1n) is 9.84. The van der Waals surface area contributed by atoms with Gasteiger partial charge in [0, 0.05) is 18.8 Å². The molecule has 2 aliphatic heterocycles. The van der Waals surface area contributed by atoms with E-state index in [4.69, 9.17) is 11.6 Å². The molecule has 1 unspecified atom stereocenters. The molecule has 0 radical (unpaired) electrons. The molecule has 0 aliphatic carbocycles. The Morgan fingerprint density at radius 1 is 1.09 bits per heavy atom. The Balaban J connectivity index is 1.59. The molecular weight excluding hydrogens is 462 g/mol. The predicted octanol–water partition coefficient (Wildman–Crippen LogP) is 5.00. The fourth-order valence-electron chi connectivity index (χ4n) is 4.20. The molecule has 4 rings (SSSR count). The van der Waals surface area contributed by atoms with Crippen molar-refractivity contribution in [1.29, 1.82) is 0 Å². The largest absolute Gasteiger partial charge is 0.404 e. The molecule has 0 saturated carbocycles. The van der Waals surface area contributed by atoms with Gasteiger partial charge in [-0.1, -0.05) is 11.6 Å². The molecule has 32 heavy (non-hydrogen) atoms. The first-order valence-corrected chi connectivity index (χ1v) is 10.2. The summed E-state index contributed by atoms with van der Waals surface area (Å²) in [6, 6.07) is 4.22. The fraction of sp³-hybridized carbons (Fsp3) is 0.400. The molecule has 0 amide bonds. The second-order valence-electron chi connectivity index (χ2n) is 7.61. The number of hydrogen-bond acceptors (Lipinski definition) is 5. The van der Waals surface area contributed by atoms with Gasteiger partial charge in [0.15, 0.2) is 17.9 Å². The molecule has 2 aromatic carbocycles. The summed E-state index contributed by atoms with van der Waals surface area (Å²) in [5, 5.41) is 13.7. The van der Waals surface area contributed by atoms with Gasteiger partial charge < -0.3 is 4.90 Å². The lowest BCUT2D eigenvalue weighted by molar-refractivity contribution is -0.175. The van der Waals surface area contributed by atoms with Gasteiger partial charge in [-0.05, 0) is 49.7 Å². The highest BCUT2D eigenvalue weighted by Crippen LogP contribution is 2.45. The van der Waals surface area contributed by atoms with Crippen LogP contribution < -0.4 is 15.3 Å². The van der Waals surface area contributed by atoms with E-state index in [1.54, 1.807) is 0 Å². The van der Waals surface area contributed by atoms with E-state index in [0.29, 0.717) is 11.5 Å². The molecule has 2 aromatic rings. The summed E-state index contributed by atoms with van der Waals surface area (Å²) in [6.45, 7) is 0.286. The first kappa shape index (κ1) is 23.0. The van der Waals surface area contributed by atoms with Gasteiger partial charge >= 0.3 is 6.18 Å². The minimum absolute atomic E-state index is 0.00216. The number of hydroxylamine groups is 1. The van der Waals surface area contributed by atoms with E-state index in [1.165, 1.54) is 28.0 Å². The molecule has 2 aliphatic rings. The van der Waals surface area contributed by atoms with Crippen LogP contribution in [0.1, 0.15) is 12.8 Å². The Hall–Kier alpha value is -2.21. The zero-order valence-electron chi connectivity index (χ0n) is 16.5. The Labute approximate surface area is 184 Å². The van der Waals surface area contributed by atoms with Crippen molar-refractivity contribution in [3.63, 3.8) is 0 Å². The van der Waals surface area contributed by atoms with Crippen molar-refractivity contribution in [2.45, 2.75) is 31.3 Å². The third-order valence-corrected chi connectivity index (χ3v) is 5.95. The number of nitrogens with one attached hydrogen (secondary N) is 1. The number of hydrogen-bond donors (Lipinski definition) is 2. The lowest BCUT2D eigenvalue weighted by Crippen LogP contribution is -2.53. The van der Waals surface area contributed by atoms with Crippen molar-refractivity contribution < 1.29 is 31.5 Å². The van der Waals surface area contributed by atoms with Crippen LogP contribution in [0.25, 0.3) is 0 Å². The standard InChI is InChI=1S/C20H19ClF6N4O/c21-12-10-11(3-4-13(12)22)30-15-6-5-14(23)17(24)18(15)31(32)19(30)28-7-9-29-8-1-2-16(29)20(25,26)27/h3-6,10,16,19,28,32H,1-2,7-9H2/t16?,19-/m0/s1. The normalized spacial score (nSPS) is 21.5. The van der Waals surface area contributed by atoms with Gasteiger partial charge in [0.25, 0.3) is 0 Å². The average molecular weight is 481 g/mol. The van der Waals surface area contributed by atoms with Crippen molar-refractivity contribution in [2.24, 2.45) is 0 Å². The summed E-state index contributed by atoms with van der Waals surface area (Å²) < 4.78 is 81.4. The number of anilines is 3. The average Bonchev–Trinajstić information content (AvgIpc) is 3.31. The van der Waals surface area contributed by atoms with E-state index in [1.807, 2.05) is 0 Å². The first-order chi connectivity index (χ1) is 15.1. The molecule has 0 bridgehead atoms. The van der Waals surface area contributed by atoms with Crippen molar-refractivity contribution in [3.8, 4) is 0 Å². The summed E-state index contributed by atoms with van der Waals surface area (Å²) in [5.74, 6) is -3.19. The second-order valence-corrected chi connectivity index (χ2v) is 8.01. The maximum absolute atomic E-state index is 14.5. The van der Waals surface area contributed by atoms with Crippen LogP contribution in [-0.2, 0) is 0 Å². The van der Waals surface area contributed by atoms with Crippen LogP contribution in [0.3, 0.4) is 0 Å². The van der Waals surface area contributed by atoms with Crippen LogP contribution in [0.2, 0.25) is 5.02 Å². The summed E-state index contributed by atoms with van der Waals surface area (Å²) in [5.41, 5.74) is -0.134. The topological polar surface area (TPSA) is 42.0 Å². The lowest BCUT2D eigenvalue weighted by Gasteiger charge is -2.32. The maximum atomic E-state index is 14.5. The van der Waals surface area contributed by atoms with E-state index >= 15 is 0 Å². The number of halogens is 7. The maximum Gasteiger partial charge on any atom is 0.404 e. The van der Waals surface area contributed by atoms with Crippen LogP contribution >= 0.6 is 11.6 Å². The SMILES string of the molecule is ON1c2c(ccc(F)c2F)N(c2ccc(F)c(Cl)c2)[C@@H]1NCCN1CCCC1C(F)(F)F. The predicted molar refractivity (Wildman–Crippen MR) is 107 cm³/mol. The number of fused-ring (bicyclic) bond motifs is 1. The highest BCUT2D eigenvalue weighted by molar-refractivity contribution is 6.31. The van der Waals surface area contributed by atoms with Crippen molar-refractivity contribution >= 4 is 28.7 Å². The second kappa shape index (κ2) is 8.62. The zero-order valence-corrected chi connectivity index (χ0v) is 17.3. The van der Waals surface area contributed by atoms with Crippen molar-refractivity contribution in [1.82, 2.24) is 10.2 Å². The van der Waals surface area contributed by atoms with Crippen LogP contribution in [0, 0.1) is 17.5 Å². The third kappa shape index (κ3) is 4.09. The number of likely N-dealkylation sites (tertiary alicyclic amines) is 1. The van der Waals surface area contributed by atoms with Gasteiger partial charge in [-0.25, -0.2) is 18.2 Å². The van der Waals surface area contributed by atoms with Gasteiger partial charge in [-0.15, -0.1) is 0 Å². The van der Waals surface area contributed by atoms with Crippen LogP contribution in [-0.4, -0.2) is 48.2 Å². The van der Waals surface area contributed by atoms with Crippen LogP contribution in [0.5, 0.6) is 0 Å². The summed E-state index contributed by atoms with van der Waals surface area (Å²) >= 11 is 5.86. The van der Waals surface area contributed by atoms with Gasteiger partial charge in [-0.3, -0.25) is 15.4 Å². The lowest BCUT2D eigenvalue weighted by atomic mass is 10.2. The molecule has 2 N–H and O–H groups in total. The highest BCUT2D eigenvalue weighted by atomic mass is 35.5. The minimum Gasteiger partial charge on any atom is -0.304 e. The molecule has 1 fully saturated rings. The smallest absolute Gasteiger partial charge is 0.304 e. The fourth-order valence-corrected chi connectivity index (χ4v) is 4.37. The van der Waals surface area contributed by atoms with E-state index in [0.717, 1.165) is 12.1 Å². The van der Waals surface area contributed by atoms with Crippen LogP contribution in [0.4, 0.5) is 43.4 Å². The molecule has 2 heterocycles. The number of nitrogens with zero attached hydrogens (tertiary/aromatic N) is 3. The Morgan fingerprint density at radius 3 is 2.50 bits per heavy atom. The number of rotatable bonds is 5. The van der Waals surface area contributed by atoms with Gasteiger partial charge in [0.05, 0.1) is 10.7 Å². The molecule has 5 nitrogen and oxygen atoms in total. The number of alkyl halides is 3. The molecule has 1 saturated heterocycles. The van der Waals surface area contributed by atoms with Crippen molar-refractivity contribution in [2.75, 3.05) is 29.6 Å². The van der Waals surface area contributed by atoms with Crippen molar-refractivity contribution in [3.05, 3.63) is 52.8 Å². The Bertz CT molecular complexity index is 1010. The minimum atomic E-state index is -4.35. The third-order valence-electron chi connectivity index (χ3n) is 5.66. The van der Waals surface area contributed by atoms with E-state index in [-0.39, 0.29) is 42.5 Å². The highest BCUT2D eigenvalue weighted by Gasteiger charge is 2.46. The van der Waals surface area contributed by atoms with Gasteiger partial charge in [-0.2, -0.15) is 13.2 Å². The summed E-state index contributed by atoms with van der Waals surface area (Å²) in [6.07, 6.45) is -5.12. The summed E-state index contributed by atoms with van der Waals surface area (Å²) in [4.78, 5) is 2.64. The van der Waals surface area contributed by atoms with Gasteiger partial charge in [0.2, 0.25) is 0 Å². The Morgan fingerprint density at radius 2 is 1.81 bits per heavy atom. The quantitative estimate of drug-likeness (QED) is 0.589. The molecule has 174 valence electrons. The molecule has 0 spiro atoms. The molecular formula is C20H19ClF6N4O. The number of benzene rings is 2. The Kier molecular flexibility index (Phi) is 6.19. The van der Waals surface area contributed by atoms with E-state index < -0.39 is 41.6 Å². The van der Waals surface area contributed by atoms with E-state index in [2.05, 4.69) is 5.32 Å². The van der Waals surface area contributed by atoms with Gasteiger partial charge in [0.1, 0.15) is 17.5 Å². The zero-order chi connectivity index (χ0) is 23.2. The van der Waals surface area contributed by atoms with E-state index in [9.17, 15) is 31.5 Å². The molecule has 0 aromatic heterocycles. The molecule has 12 heteroatoms. The summed E-state index contributed by atoms with van der Waals surface area (Å²) in [7, 11) is 0.